The van der Waals surface area contributed by atoms with Crippen LogP contribution in [-0.4, -0.2) is 60.1 Å². The summed E-state index contributed by atoms with van der Waals surface area (Å²) < 4.78 is 9.46. The Morgan fingerprint density at radius 3 is 2.83 bits per heavy atom. The molecule has 0 bridgehead atoms. The van der Waals surface area contributed by atoms with Crippen LogP contribution < -0.4 is 4.90 Å². The lowest BCUT2D eigenvalue weighted by atomic mass is 10.2. The van der Waals surface area contributed by atoms with Gasteiger partial charge in [0.15, 0.2) is 0 Å². The van der Waals surface area contributed by atoms with E-state index in [1.807, 2.05) is 35.2 Å². The summed E-state index contributed by atoms with van der Waals surface area (Å²) in [6, 6.07) is 9.48. The third-order valence-electron chi connectivity index (χ3n) is 4.06. The first-order valence-corrected chi connectivity index (χ1v) is 8.96. The maximum Gasteiger partial charge on any atom is 0.253 e. The van der Waals surface area contributed by atoms with Crippen LogP contribution in [-0.2, 0) is 11.2 Å². The molecule has 0 unspecified atom stereocenters. The number of methoxy groups -OCH3 is 1. The van der Waals surface area contributed by atoms with E-state index in [1.54, 1.807) is 7.11 Å². The van der Waals surface area contributed by atoms with Crippen LogP contribution in [0.1, 0.15) is 22.6 Å². The normalized spacial score (nSPS) is 15.4. The van der Waals surface area contributed by atoms with E-state index in [-0.39, 0.29) is 5.91 Å². The Kier molecular flexibility index (Phi) is 5.77. The molecule has 2 aromatic rings. The first-order valence-electron chi connectivity index (χ1n) is 8.18. The zero-order chi connectivity index (χ0) is 16.8. The van der Waals surface area contributed by atoms with Gasteiger partial charge in [-0.2, -0.15) is 4.37 Å². The summed E-state index contributed by atoms with van der Waals surface area (Å²) in [5.41, 5.74) is 0.753. The van der Waals surface area contributed by atoms with Crippen LogP contribution in [0.25, 0.3) is 0 Å². The zero-order valence-corrected chi connectivity index (χ0v) is 14.7. The molecule has 0 saturated carbocycles. The van der Waals surface area contributed by atoms with Crippen molar-refractivity contribution in [1.29, 1.82) is 0 Å². The smallest absolute Gasteiger partial charge is 0.253 e. The molecule has 0 atom stereocenters. The van der Waals surface area contributed by atoms with Crippen molar-refractivity contribution >= 4 is 22.6 Å². The lowest BCUT2D eigenvalue weighted by Crippen LogP contribution is -2.35. The van der Waals surface area contributed by atoms with E-state index in [0.717, 1.165) is 49.0 Å². The van der Waals surface area contributed by atoms with Crippen LogP contribution in [0.3, 0.4) is 0 Å². The predicted octanol–water partition coefficient (Wildman–Crippen LogP) is 2.08. The van der Waals surface area contributed by atoms with Crippen LogP contribution in [0.4, 0.5) is 5.13 Å². The monoisotopic (exact) mass is 346 g/mol. The number of hydrogen-bond donors (Lipinski definition) is 0. The highest BCUT2D eigenvalue weighted by molar-refractivity contribution is 7.09. The number of anilines is 1. The minimum atomic E-state index is 0.107. The molecule has 1 fully saturated rings. The second kappa shape index (κ2) is 8.21. The number of hydrogen-bond acceptors (Lipinski definition) is 6. The van der Waals surface area contributed by atoms with E-state index in [4.69, 9.17) is 4.74 Å². The highest BCUT2D eigenvalue weighted by Gasteiger charge is 2.22. The summed E-state index contributed by atoms with van der Waals surface area (Å²) in [6.07, 6.45) is 1.67. The molecule has 1 saturated heterocycles. The number of carbonyl (C=O) groups excluding carboxylic acids is 1. The fraction of sp³-hybridized carbons (Fsp3) is 0.471. The summed E-state index contributed by atoms with van der Waals surface area (Å²) >= 11 is 1.43. The Labute approximate surface area is 146 Å². The average molecular weight is 346 g/mol. The summed E-state index contributed by atoms with van der Waals surface area (Å²) in [4.78, 5) is 21.3. The molecule has 7 heteroatoms. The average Bonchev–Trinajstić information content (AvgIpc) is 2.96. The number of rotatable bonds is 5. The highest BCUT2D eigenvalue weighted by atomic mass is 32.1. The van der Waals surface area contributed by atoms with E-state index in [0.29, 0.717) is 13.2 Å². The van der Waals surface area contributed by atoms with E-state index in [1.165, 1.54) is 11.5 Å². The van der Waals surface area contributed by atoms with Crippen molar-refractivity contribution in [3.05, 3.63) is 41.7 Å². The molecule has 1 amide bonds. The maximum atomic E-state index is 12.6. The van der Waals surface area contributed by atoms with Gasteiger partial charge in [0.25, 0.3) is 5.91 Å². The molecule has 0 N–H and O–H groups in total. The van der Waals surface area contributed by atoms with Crippen LogP contribution in [0.5, 0.6) is 0 Å². The fourth-order valence-electron chi connectivity index (χ4n) is 2.74. The fourth-order valence-corrected chi connectivity index (χ4v) is 3.51. The van der Waals surface area contributed by atoms with Gasteiger partial charge in [-0.05, 0) is 18.6 Å². The standard InChI is InChI=1S/C17H22N4O2S/c1-23-13-8-15-18-17(24-19-15)21-10-5-9-20(11-12-21)16(22)14-6-3-2-4-7-14/h2-4,6-7H,5,8-13H2,1H3. The van der Waals surface area contributed by atoms with Gasteiger partial charge in [-0.3, -0.25) is 4.79 Å². The highest BCUT2D eigenvalue weighted by Crippen LogP contribution is 2.20. The molecule has 1 aromatic carbocycles. The molecule has 24 heavy (non-hydrogen) atoms. The molecule has 0 spiro atoms. The van der Waals surface area contributed by atoms with Gasteiger partial charge in [-0.1, -0.05) is 18.2 Å². The topological polar surface area (TPSA) is 58.6 Å². The summed E-state index contributed by atoms with van der Waals surface area (Å²) in [7, 11) is 1.68. The molecule has 1 aromatic heterocycles. The van der Waals surface area contributed by atoms with Crippen molar-refractivity contribution in [1.82, 2.24) is 14.3 Å². The van der Waals surface area contributed by atoms with Crippen LogP contribution in [0.2, 0.25) is 0 Å². The molecule has 128 valence electrons. The van der Waals surface area contributed by atoms with Crippen LogP contribution >= 0.6 is 11.5 Å². The van der Waals surface area contributed by atoms with E-state index >= 15 is 0 Å². The molecule has 2 heterocycles. The summed E-state index contributed by atoms with van der Waals surface area (Å²) in [5, 5.41) is 0.940. The third-order valence-corrected chi connectivity index (χ3v) is 4.88. The zero-order valence-electron chi connectivity index (χ0n) is 13.9. The van der Waals surface area contributed by atoms with Gasteiger partial charge >= 0.3 is 0 Å². The number of ether oxygens (including phenoxy) is 1. The third kappa shape index (κ3) is 4.10. The molecule has 1 aliphatic heterocycles. The van der Waals surface area contributed by atoms with Gasteiger partial charge in [0.1, 0.15) is 5.82 Å². The van der Waals surface area contributed by atoms with Crippen LogP contribution in [0.15, 0.2) is 30.3 Å². The molecular formula is C17H22N4O2S. The van der Waals surface area contributed by atoms with Crippen molar-refractivity contribution in [2.24, 2.45) is 0 Å². The quantitative estimate of drug-likeness (QED) is 0.830. The Bertz CT molecular complexity index is 662. The van der Waals surface area contributed by atoms with Gasteiger partial charge in [0.2, 0.25) is 5.13 Å². The number of carbonyl (C=O) groups is 1. The van der Waals surface area contributed by atoms with Crippen molar-refractivity contribution in [2.75, 3.05) is 44.8 Å². The summed E-state index contributed by atoms with van der Waals surface area (Å²) in [6.45, 7) is 3.81. The Morgan fingerprint density at radius 2 is 2.04 bits per heavy atom. The van der Waals surface area contributed by atoms with Gasteiger partial charge < -0.3 is 14.5 Å². The van der Waals surface area contributed by atoms with Gasteiger partial charge in [0, 0.05) is 56.8 Å². The molecule has 6 nitrogen and oxygen atoms in total. The van der Waals surface area contributed by atoms with Crippen molar-refractivity contribution in [3.8, 4) is 0 Å². The maximum absolute atomic E-state index is 12.6. The minimum absolute atomic E-state index is 0.107. The molecular weight excluding hydrogens is 324 g/mol. The van der Waals surface area contributed by atoms with Crippen molar-refractivity contribution in [3.63, 3.8) is 0 Å². The Morgan fingerprint density at radius 1 is 1.21 bits per heavy atom. The molecule has 1 aliphatic rings. The Balaban J connectivity index is 1.60. The van der Waals surface area contributed by atoms with Gasteiger partial charge in [-0.25, -0.2) is 4.98 Å². The SMILES string of the molecule is COCCc1nsc(N2CCCN(C(=O)c3ccccc3)CC2)n1. The largest absolute Gasteiger partial charge is 0.384 e. The molecule has 0 aliphatic carbocycles. The van der Waals surface area contributed by atoms with Crippen molar-refractivity contribution in [2.45, 2.75) is 12.8 Å². The van der Waals surface area contributed by atoms with Gasteiger partial charge in [0.05, 0.1) is 6.61 Å². The first kappa shape index (κ1) is 16.9. The number of aromatic nitrogens is 2. The minimum Gasteiger partial charge on any atom is -0.384 e. The Hall–Kier alpha value is -1.99. The molecule has 3 rings (SSSR count). The van der Waals surface area contributed by atoms with E-state index < -0.39 is 0 Å². The van der Waals surface area contributed by atoms with E-state index in [9.17, 15) is 4.79 Å². The lowest BCUT2D eigenvalue weighted by molar-refractivity contribution is 0.0767. The van der Waals surface area contributed by atoms with Gasteiger partial charge in [-0.15, -0.1) is 0 Å². The number of benzene rings is 1. The van der Waals surface area contributed by atoms with Crippen molar-refractivity contribution < 1.29 is 9.53 Å². The molecule has 0 radical (unpaired) electrons. The second-order valence-electron chi connectivity index (χ2n) is 5.73. The predicted molar refractivity (Wildman–Crippen MR) is 94.7 cm³/mol. The van der Waals surface area contributed by atoms with Crippen LogP contribution in [0, 0.1) is 0 Å². The second-order valence-corrected chi connectivity index (χ2v) is 6.47. The van der Waals surface area contributed by atoms with E-state index in [2.05, 4.69) is 14.3 Å². The number of amides is 1. The first-order chi connectivity index (χ1) is 11.8. The summed E-state index contributed by atoms with van der Waals surface area (Å²) in [5.74, 6) is 0.939. The lowest BCUT2D eigenvalue weighted by Gasteiger charge is -2.21. The number of nitrogens with zero attached hydrogens (tertiary/aromatic N) is 4.